The minimum absolute atomic E-state index is 0.872. The molecule has 108 valence electrons. The van der Waals surface area contributed by atoms with Crippen LogP contribution in [0.5, 0.6) is 0 Å². The number of rotatable bonds is 6. The van der Waals surface area contributed by atoms with E-state index < -0.39 is 0 Å². The Kier molecular flexibility index (Phi) is 5.41. The highest BCUT2D eigenvalue weighted by molar-refractivity contribution is 5.79. The third-order valence-electron chi connectivity index (χ3n) is 3.09. The molecule has 3 N–H and O–H groups in total. The normalized spacial score (nSPS) is 11.8. The second kappa shape index (κ2) is 7.53. The lowest BCUT2D eigenvalue weighted by Crippen LogP contribution is -2.38. The van der Waals surface area contributed by atoms with Crippen LogP contribution in [0.4, 0.5) is 0 Å². The average molecular weight is 273 g/mol. The van der Waals surface area contributed by atoms with Crippen LogP contribution in [-0.2, 0) is 6.42 Å². The van der Waals surface area contributed by atoms with Crippen LogP contribution in [0.2, 0.25) is 0 Å². The van der Waals surface area contributed by atoms with Gasteiger partial charge in [0.1, 0.15) is 5.82 Å². The summed E-state index contributed by atoms with van der Waals surface area (Å²) in [6.07, 6.45) is 3.05. The van der Waals surface area contributed by atoms with Gasteiger partial charge < -0.3 is 15.6 Å². The first-order valence-electron chi connectivity index (χ1n) is 7.21. The highest BCUT2D eigenvalue weighted by Gasteiger charge is 2.02. The van der Waals surface area contributed by atoms with Gasteiger partial charge in [0.2, 0.25) is 0 Å². The van der Waals surface area contributed by atoms with Crippen molar-refractivity contribution in [3.63, 3.8) is 0 Å². The van der Waals surface area contributed by atoms with Gasteiger partial charge in [0.05, 0.1) is 11.0 Å². The molecule has 1 heterocycles. The first-order valence-corrected chi connectivity index (χ1v) is 7.21. The van der Waals surface area contributed by atoms with E-state index >= 15 is 0 Å². The topological polar surface area (TPSA) is 65.1 Å². The number of H-pyrrole nitrogens is 1. The van der Waals surface area contributed by atoms with Gasteiger partial charge in [0.15, 0.2) is 5.96 Å². The summed E-state index contributed by atoms with van der Waals surface area (Å²) in [7, 11) is 1.80. The van der Waals surface area contributed by atoms with E-state index in [-0.39, 0.29) is 0 Å². The number of fused-ring (bicyclic) bond motifs is 1. The second-order valence-electron chi connectivity index (χ2n) is 4.73. The van der Waals surface area contributed by atoms with E-state index in [9.17, 15) is 0 Å². The van der Waals surface area contributed by atoms with E-state index in [0.717, 1.165) is 55.2 Å². The molecule has 0 fully saturated rings. The summed E-state index contributed by atoms with van der Waals surface area (Å²) in [5.41, 5.74) is 2.15. The highest BCUT2D eigenvalue weighted by Crippen LogP contribution is 2.10. The minimum atomic E-state index is 0.872. The average Bonchev–Trinajstić information content (AvgIpc) is 2.89. The Labute approximate surface area is 119 Å². The van der Waals surface area contributed by atoms with Gasteiger partial charge in [-0.1, -0.05) is 19.1 Å². The number of hydrogen-bond acceptors (Lipinski definition) is 2. The molecule has 1 aromatic carbocycles. The second-order valence-corrected chi connectivity index (χ2v) is 4.73. The van der Waals surface area contributed by atoms with E-state index in [4.69, 9.17) is 0 Å². The molecule has 5 heteroatoms. The van der Waals surface area contributed by atoms with Crippen LogP contribution in [0.25, 0.3) is 11.0 Å². The maximum atomic E-state index is 4.57. The molecule has 0 amide bonds. The molecule has 0 aliphatic heterocycles. The molecule has 0 saturated heterocycles. The van der Waals surface area contributed by atoms with E-state index in [0.29, 0.717) is 0 Å². The summed E-state index contributed by atoms with van der Waals surface area (Å²) in [6, 6.07) is 8.12. The molecular weight excluding hydrogens is 250 g/mol. The number of aromatic nitrogens is 2. The lowest BCUT2D eigenvalue weighted by Gasteiger charge is -2.10. The number of aromatic amines is 1. The fraction of sp³-hybridized carbons (Fsp3) is 0.467. The van der Waals surface area contributed by atoms with Crippen molar-refractivity contribution in [3.05, 3.63) is 30.1 Å². The first kappa shape index (κ1) is 14.4. The molecule has 2 aromatic rings. The number of nitrogens with one attached hydrogen (secondary N) is 3. The number of aliphatic imine (C=N–C) groups is 1. The number of hydrogen-bond donors (Lipinski definition) is 3. The summed E-state index contributed by atoms with van der Waals surface area (Å²) >= 11 is 0. The predicted molar refractivity (Wildman–Crippen MR) is 84.1 cm³/mol. The van der Waals surface area contributed by atoms with E-state index in [1.807, 2.05) is 18.2 Å². The van der Waals surface area contributed by atoms with Crippen molar-refractivity contribution in [2.24, 2.45) is 4.99 Å². The Balaban J connectivity index is 1.75. The summed E-state index contributed by atoms with van der Waals surface area (Å²) in [4.78, 5) is 12.1. The van der Waals surface area contributed by atoms with Crippen molar-refractivity contribution < 1.29 is 0 Å². The smallest absolute Gasteiger partial charge is 0.190 e. The third kappa shape index (κ3) is 3.98. The standard InChI is InChI=1S/C15H23N5/c1-3-10-17-15(16-2)18-11-6-9-14-19-12-7-4-5-8-13(12)20-14/h4-5,7-8H,3,6,9-11H2,1-2H3,(H,19,20)(H2,16,17,18). The van der Waals surface area contributed by atoms with Crippen molar-refractivity contribution in [1.29, 1.82) is 0 Å². The molecule has 0 unspecified atom stereocenters. The summed E-state index contributed by atoms with van der Waals surface area (Å²) in [5, 5.41) is 6.56. The largest absolute Gasteiger partial charge is 0.356 e. The SMILES string of the molecule is CCCNC(=NC)NCCCc1nc2ccccc2[nH]1. The zero-order valence-electron chi connectivity index (χ0n) is 12.2. The quantitative estimate of drug-likeness (QED) is 0.429. The number of aryl methyl sites for hydroxylation is 1. The number of nitrogens with zero attached hydrogens (tertiary/aromatic N) is 2. The molecule has 0 spiro atoms. The molecule has 5 nitrogen and oxygen atoms in total. The van der Waals surface area contributed by atoms with Crippen molar-refractivity contribution >= 4 is 17.0 Å². The number of para-hydroxylation sites is 2. The Hall–Kier alpha value is -2.04. The highest BCUT2D eigenvalue weighted by atomic mass is 15.2. The Morgan fingerprint density at radius 2 is 2.05 bits per heavy atom. The maximum absolute atomic E-state index is 4.57. The van der Waals surface area contributed by atoms with Gasteiger partial charge in [-0.25, -0.2) is 4.98 Å². The van der Waals surface area contributed by atoms with Crippen molar-refractivity contribution in [1.82, 2.24) is 20.6 Å². The lowest BCUT2D eigenvalue weighted by atomic mass is 10.3. The minimum Gasteiger partial charge on any atom is -0.356 e. The molecule has 2 rings (SSSR count). The molecule has 0 aliphatic carbocycles. The summed E-state index contributed by atoms with van der Waals surface area (Å²) in [6.45, 7) is 3.98. The zero-order chi connectivity index (χ0) is 14.2. The first-order chi connectivity index (χ1) is 9.83. The van der Waals surface area contributed by atoms with Crippen molar-refractivity contribution in [3.8, 4) is 0 Å². The Bertz CT molecular complexity index is 525. The maximum Gasteiger partial charge on any atom is 0.190 e. The fourth-order valence-corrected chi connectivity index (χ4v) is 2.05. The van der Waals surface area contributed by atoms with Crippen molar-refractivity contribution in [2.75, 3.05) is 20.1 Å². The van der Waals surface area contributed by atoms with E-state index in [2.05, 4.69) is 38.6 Å². The molecule has 1 aromatic heterocycles. The molecule has 0 bridgehead atoms. The van der Waals surface area contributed by atoms with Crippen LogP contribution in [0, 0.1) is 0 Å². The van der Waals surface area contributed by atoms with Crippen LogP contribution in [-0.4, -0.2) is 36.1 Å². The lowest BCUT2D eigenvalue weighted by molar-refractivity contribution is 0.721. The van der Waals surface area contributed by atoms with Crippen LogP contribution in [0.15, 0.2) is 29.3 Å². The van der Waals surface area contributed by atoms with Gasteiger partial charge in [-0.05, 0) is 25.0 Å². The van der Waals surface area contributed by atoms with Crippen LogP contribution in [0.3, 0.4) is 0 Å². The van der Waals surface area contributed by atoms with Gasteiger partial charge in [-0.2, -0.15) is 0 Å². The summed E-state index contributed by atoms with van der Waals surface area (Å²) < 4.78 is 0. The monoisotopic (exact) mass is 273 g/mol. The van der Waals surface area contributed by atoms with Crippen LogP contribution >= 0.6 is 0 Å². The van der Waals surface area contributed by atoms with Crippen LogP contribution in [0.1, 0.15) is 25.6 Å². The number of guanidine groups is 1. The molecule has 0 radical (unpaired) electrons. The Morgan fingerprint density at radius 1 is 1.25 bits per heavy atom. The molecule has 0 atom stereocenters. The van der Waals surface area contributed by atoms with Gasteiger partial charge in [-0.3, -0.25) is 4.99 Å². The summed E-state index contributed by atoms with van der Waals surface area (Å²) in [5.74, 6) is 1.92. The van der Waals surface area contributed by atoms with Crippen LogP contribution < -0.4 is 10.6 Å². The van der Waals surface area contributed by atoms with Gasteiger partial charge >= 0.3 is 0 Å². The fourth-order valence-electron chi connectivity index (χ4n) is 2.05. The zero-order valence-corrected chi connectivity index (χ0v) is 12.2. The van der Waals surface area contributed by atoms with E-state index in [1.54, 1.807) is 7.05 Å². The molecule has 0 saturated carbocycles. The van der Waals surface area contributed by atoms with Gasteiger partial charge in [0.25, 0.3) is 0 Å². The van der Waals surface area contributed by atoms with Gasteiger partial charge in [-0.15, -0.1) is 0 Å². The number of imidazole rings is 1. The Morgan fingerprint density at radius 3 is 2.80 bits per heavy atom. The number of benzene rings is 1. The third-order valence-corrected chi connectivity index (χ3v) is 3.09. The molecule has 20 heavy (non-hydrogen) atoms. The van der Waals surface area contributed by atoms with E-state index in [1.165, 1.54) is 0 Å². The van der Waals surface area contributed by atoms with Gasteiger partial charge in [0, 0.05) is 26.6 Å². The molecule has 0 aliphatic rings. The van der Waals surface area contributed by atoms with Crippen molar-refractivity contribution in [2.45, 2.75) is 26.2 Å². The molecular formula is C15H23N5. The predicted octanol–water partition coefficient (Wildman–Crippen LogP) is 2.07.